The summed E-state index contributed by atoms with van der Waals surface area (Å²) in [4.78, 5) is 7.18. The Balaban J connectivity index is 0. The fourth-order valence-electron chi connectivity index (χ4n) is 0. The molecule has 0 radical (unpaired) electrons. The summed E-state index contributed by atoms with van der Waals surface area (Å²) in [6, 6.07) is 0. The highest BCUT2D eigenvalue weighted by atomic mass is 35.7. The van der Waals surface area contributed by atoms with Crippen molar-refractivity contribution in [2.45, 2.75) is 0 Å². The van der Waals surface area contributed by atoms with Crippen LogP contribution in [0.4, 0.5) is 4.20 Å². The number of rotatable bonds is 0. The van der Waals surface area contributed by atoms with Crippen LogP contribution in [0, 0.1) is 0 Å². The summed E-state index contributed by atoms with van der Waals surface area (Å²) < 4.78 is 19.4. The Hall–Kier alpha value is 0.370. The van der Waals surface area contributed by atoms with Crippen molar-refractivity contribution in [1.82, 2.24) is 6.15 Å². The lowest BCUT2D eigenvalue weighted by molar-refractivity contribution is 0.451. The van der Waals surface area contributed by atoms with Gasteiger partial charge in [0.25, 0.3) is 0 Å². The van der Waals surface area contributed by atoms with Gasteiger partial charge in [-0.2, -0.15) is 0 Å². The van der Waals surface area contributed by atoms with Gasteiger partial charge in [0.05, 0.1) is 0 Å². The largest absolute Gasteiger partial charge is 0.458 e. The summed E-state index contributed by atoms with van der Waals surface area (Å²) in [5, 5.41) is 0. The van der Waals surface area contributed by atoms with Crippen LogP contribution >= 0.6 is 18.3 Å². The smallest absolute Gasteiger partial charge is 0.344 e. The molecule has 40 valence electrons. The van der Waals surface area contributed by atoms with E-state index in [0.29, 0.717) is 0 Å². The van der Waals surface area contributed by atoms with Gasteiger partial charge in [-0.3, -0.25) is 0 Å². The molecule has 0 aromatic rings. The molecule has 0 heterocycles. The summed E-state index contributed by atoms with van der Waals surface area (Å²) in [5.41, 5.74) is 0. The van der Waals surface area contributed by atoms with Crippen molar-refractivity contribution in [2.75, 3.05) is 0 Å². The van der Waals surface area contributed by atoms with E-state index in [2.05, 4.69) is 11.2 Å². The van der Waals surface area contributed by atoms with Crippen molar-refractivity contribution < 1.29 is 13.7 Å². The molecular formula is H4ClFNO2P. The van der Waals surface area contributed by atoms with E-state index in [1.807, 2.05) is 0 Å². The number of hydrogen-bond donors (Lipinski definition) is 2. The van der Waals surface area contributed by atoms with Gasteiger partial charge in [-0.25, -0.2) is 4.57 Å². The highest BCUT2D eigenvalue weighted by molar-refractivity contribution is 7.80. The molecule has 0 aliphatic rings. The number of hydrogen-bond acceptors (Lipinski definition) is 2. The van der Waals surface area contributed by atoms with Gasteiger partial charge in [0.15, 0.2) is 0 Å². The van der Waals surface area contributed by atoms with E-state index < -0.39 is 7.03 Å². The molecule has 1 unspecified atom stereocenters. The van der Waals surface area contributed by atoms with Crippen molar-refractivity contribution in [3.8, 4) is 0 Å². The molecule has 0 saturated heterocycles. The van der Waals surface area contributed by atoms with Crippen molar-refractivity contribution in [1.29, 1.82) is 0 Å². The molecule has 0 fully saturated rings. The molecule has 6 heavy (non-hydrogen) atoms. The molecule has 0 rings (SSSR count). The monoisotopic (exact) mass is 135 g/mol. The minimum atomic E-state index is -4.67. The molecule has 3 nitrogen and oxygen atoms in total. The van der Waals surface area contributed by atoms with Gasteiger partial charge < -0.3 is 11.0 Å². The van der Waals surface area contributed by atoms with Gasteiger partial charge in [0, 0.05) is 11.2 Å². The standard InChI is InChI=1S/ClFHO2P.H3N/c1-5(2,3)4;/h(H,3,4);1H3. The molecule has 0 aromatic heterocycles. The van der Waals surface area contributed by atoms with E-state index in [4.69, 9.17) is 9.46 Å². The lowest BCUT2D eigenvalue weighted by atomic mass is 14.0. The van der Waals surface area contributed by atoms with Crippen molar-refractivity contribution in [2.24, 2.45) is 0 Å². The zero-order valence-corrected chi connectivity index (χ0v) is 4.42. The van der Waals surface area contributed by atoms with Gasteiger partial charge in [0.2, 0.25) is 0 Å². The quantitative estimate of drug-likeness (QED) is 0.494. The highest BCUT2D eigenvalue weighted by Gasteiger charge is 2.05. The normalized spacial score (nSPS) is 17.8. The zero-order chi connectivity index (χ0) is 4.50. The summed E-state index contributed by atoms with van der Waals surface area (Å²) >= 11 is 3.97. The maximum atomic E-state index is 10.6. The highest BCUT2D eigenvalue weighted by Crippen LogP contribution is 2.47. The van der Waals surface area contributed by atoms with Crippen molar-refractivity contribution in [3.05, 3.63) is 0 Å². The van der Waals surface area contributed by atoms with Gasteiger partial charge >= 0.3 is 7.03 Å². The third-order valence-electron chi connectivity index (χ3n) is 0. The molecule has 4 N–H and O–H groups in total. The van der Waals surface area contributed by atoms with E-state index in [9.17, 15) is 4.20 Å². The first kappa shape index (κ1) is 9.62. The summed E-state index contributed by atoms with van der Waals surface area (Å²) in [6.07, 6.45) is 0. The van der Waals surface area contributed by atoms with Crippen LogP contribution in [0.5, 0.6) is 0 Å². The Morgan fingerprint density at radius 1 is 1.83 bits per heavy atom. The molecule has 0 aliphatic carbocycles. The minimum Gasteiger partial charge on any atom is -0.344 e. The Bertz CT molecular complexity index is 59.7. The maximum absolute atomic E-state index is 10.6. The van der Waals surface area contributed by atoms with Crippen molar-refractivity contribution >= 4 is 18.3 Å². The van der Waals surface area contributed by atoms with Crippen LogP contribution in [0.3, 0.4) is 0 Å². The lowest BCUT2D eigenvalue weighted by Crippen LogP contribution is -1.42. The predicted octanol–water partition coefficient (Wildman–Crippen LogP) is 1.46. The molecule has 1 atom stereocenters. The van der Waals surface area contributed by atoms with Crippen LogP contribution in [0.25, 0.3) is 0 Å². The lowest BCUT2D eigenvalue weighted by Gasteiger charge is -1.75. The van der Waals surface area contributed by atoms with Crippen LogP contribution < -0.4 is 6.15 Å². The molecule has 0 spiro atoms. The molecule has 0 aliphatic heterocycles. The fraction of sp³-hybridized carbons (Fsp3) is 0. The van der Waals surface area contributed by atoms with Crippen LogP contribution in [0.15, 0.2) is 0 Å². The molecule has 6 heteroatoms. The second-order valence-electron chi connectivity index (χ2n) is 0.435. The average molecular weight is 135 g/mol. The zero-order valence-electron chi connectivity index (χ0n) is 2.77. The molecule has 0 saturated carbocycles. The SMILES string of the molecule is N.O=P(O)(F)Cl. The Morgan fingerprint density at radius 3 is 1.83 bits per heavy atom. The Labute approximate surface area is 39.1 Å². The van der Waals surface area contributed by atoms with Gasteiger partial charge in [-0.05, 0) is 0 Å². The summed E-state index contributed by atoms with van der Waals surface area (Å²) in [5.74, 6) is 0. The van der Waals surface area contributed by atoms with Gasteiger partial charge in [-0.1, -0.05) is 0 Å². The van der Waals surface area contributed by atoms with Crippen LogP contribution in [-0.4, -0.2) is 4.89 Å². The van der Waals surface area contributed by atoms with E-state index >= 15 is 0 Å². The predicted molar refractivity (Wildman–Crippen MR) is 21.8 cm³/mol. The second kappa shape index (κ2) is 2.53. The number of halogens is 2. The molecule has 0 aromatic carbocycles. The Kier molecular flexibility index (Phi) is 4.05. The molecular weight excluding hydrogens is 131 g/mol. The van der Waals surface area contributed by atoms with E-state index in [1.54, 1.807) is 0 Å². The maximum Gasteiger partial charge on any atom is 0.458 e. The molecule has 0 bridgehead atoms. The van der Waals surface area contributed by atoms with E-state index in [-0.39, 0.29) is 6.15 Å². The van der Waals surface area contributed by atoms with Gasteiger partial charge in [0.1, 0.15) is 0 Å². The topological polar surface area (TPSA) is 72.3 Å². The van der Waals surface area contributed by atoms with Crippen molar-refractivity contribution in [3.63, 3.8) is 0 Å². The van der Waals surface area contributed by atoms with Crippen LogP contribution in [0.2, 0.25) is 0 Å². The second-order valence-corrected chi connectivity index (χ2v) is 2.56. The minimum absolute atomic E-state index is 0. The average Bonchev–Trinajstić information content (AvgIpc) is 0.722. The van der Waals surface area contributed by atoms with E-state index in [1.165, 1.54) is 0 Å². The fourth-order valence-corrected chi connectivity index (χ4v) is 0. The van der Waals surface area contributed by atoms with E-state index in [0.717, 1.165) is 0 Å². The summed E-state index contributed by atoms with van der Waals surface area (Å²) in [6.45, 7) is 0. The third kappa shape index (κ3) is 363. The first-order valence-corrected chi connectivity index (χ1v) is 3.18. The van der Waals surface area contributed by atoms with Crippen LogP contribution in [-0.2, 0) is 4.57 Å². The molecule has 0 amide bonds. The first-order valence-electron chi connectivity index (χ1n) is 0.721. The first-order chi connectivity index (χ1) is 2.00. The Morgan fingerprint density at radius 2 is 1.83 bits per heavy atom. The van der Waals surface area contributed by atoms with Gasteiger partial charge in [-0.15, -0.1) is 4.20 Å². The third-order valence-corrected chi connectivity index (χ3v) is 0. The summed E-state index contributed by atoms with van der Waals surface area (Å²) in [7, 11) is -4.67. The van der Waals surface area contributed by atoms with Crippen LogP contribution in [0.1, 0.15) is 0 Å².